The molecule has 0 radical (unpaired) electrons. The van der Waals surface area contributed by atoms with E-state index in [4.69, 9.17) is 21.1 Å². The van der Waals surface area contributed by atoms with Crippen LogP contribution in [-0.2, 0) is 11.4 Å². The molecule has 0 aliphatic heterocycles. The number of nitrogens with zero attached hydrogens (tertiary/aromatic N) is 2. The van der Waals surface area contributed by atoms with Crippen LogP contribution in [0.1, 0.15) is 11.1 Å². The van der Waals surface area contributed by atoms with Crippen molar-refractivity contribution in [2.75, 3.05) is 6.61 Å². The van der Waals surface area contributed by atoms with Crippen molar-refractivity contribution in [3.8, 4) is 11.5 Å². The first-order chi connectivity index (χ1) is 16.5. The predicted octanol–water partition coefficient (Wildman–Crippen LogP) is 6.21. The third-order valence-electron chi connectivity index (χ3n) is 4.71. The maximum Gasteiger partial charge on any atom is 0.277 e. The number of carbonyl (C=O) groups is 1. The predicted molar refractivity (Wildman–Crippen MR) is 151 cm³/mol. The quantitative estimate of drug-likeness (QED) is 0.135. The monoisotopic (exact) mass is 697 g/mol. The summed E-state index contributed by atoms with van der Waals surface area (Å²) in [5, 5.41) is 5.67. The molecule has 4 rings (SSSR count). The second-order valence-electron chi connectivity index (χ2n) is 7.11. The van der Waals surface area contributed by atoms with E-state index in [9.17, 15) is 4.79 Å². The average Bonchev–Trinajstić information content (AvgIpc) is 2.83. The second kappa shape index (κ2) is 11.8. The number of para-hydroxylation sites is 1. The summed E-state index contributed by atoms with van der Waals surface area (Å²) in [4.78, 5) is 16.5. The Hall–Kier alpha value is -2.44. The minimum Gasteiger partial charge on any atom is -0.487 e. The number of pyridine rings is 1. The summed E-state index contributed by atoms with van der Waals surface area (Å²) in [6.45, 7) is 0.207. The molecule has 34 heavy (non-hydrogen) atoms. The number of fused-ring (bicyclic) bond motifs is 1. The van der Waals surface area contributed by atoms with Gasteiger partial charge < -0.3 is 9.47 Å². The first-order valence-corrected chi connectivity index (χ1v) is 12.7. The zero-order valence-electron chi connectivity index (χ0n) is 17.7. The molecule has 6 nitrogen and oxygen atoms in total. The fourth-order valence-corrected chi connectivity index (χ4v) is 5.42. The summed E-state index contributed by atoms with van der Waals surface area (Å²) in [5.41, 5.74) is 4.95. The van der Waals surface area contributed by atoms with E-state index in [1.807, 2.05) is 60.7 Å². The van der Waals surface area contributed by atoms with Gasteiger partial charge in [-0.1, -0.05) is 48.0 Å². The molecule has 1 heterocycles. The Balaban J connectivity index is 1.33. The molecule has 1 N–H and O–H groups in total. The molecule has 0 saturated heterocycles. The highest BCUT2D eigenvalue weighted by molar-refractivity contribution is 14.1. The van der Waals surface area contributed by atoms with Crippen LogP contribution in [0, 0.1) is 7.14 Å². The summed E-state index contributed by atoms with van der Waals surface area (Å²) in [6, 6.07) is 20.8. The molecule has 0 aliphatic rings. The average molecular weight is 698 g/mol. The Kier molecular flexibility index (Phi) is 8.57. The number of rotatable bonds is 8. The molecule has 0 fully saturated rings. The van der Waals surface area contributed by atoms with Crippen molar-refractivity contribution >= 4 is 79.8 Å². The molecule has 172 valence electrons. The van der Waals surface area contributed by atoms with Gasteiger partial charge in [-0.3, -0.25) is 9.78 Å². The van der Waals surface area contributed by atoms with Crippen LogP contribution in [0.3, 0.4) is 0 Å². The number of hydrogen-bond donors (Lipinski definition) is 1. The second-order valence-corrected chi connectivity index (χ2v) is 9.84. The molecule has 0 atom stereocenters. The lowest BCUT2D eigenvalue weighted by molar-refractivity contribution is -0.123. The number of halogens is 3. The maximum absolute atomic E-state index is 12.2. The summed E-state index contributed by atoms with van der Waals surface area (Å²) in [7, 11) is 0. The zero-order valence-corrected chi connectivity index (χ0v) is 22.7. The topological polar surface area (TPSA) is 72.8 Å². The van der Waals surface area contributed by atoms with Gasteiger partial charge >= 0.3 is 0 Å². The largest absolute Gasteiger partial charge is 0.487 e. The molecule has 9 heteroatoms. The summed E-state index contributed by atoms with van der Waals surface area (Å²) >= 11 is 10.6. The molecule has 0 spiro atoms. The fraction of sp³-hybridized carbons (Fsp3) is 0.0800. The number of nitrogens with one attached hydrogen (secondary N) is 1. The smallest absolute Gasteiger partial charge is 0.277 e. The molecule has 1 amide bonds. The maximum atomic E-state index is 12.2. The van der Waals surface area contributed by atoms with Crippen LogP contribution >= 0.6 is 56.8 Å². The highest BCUT2D eigenvalue weighted by Gasteiger charge is 2.10. The van der Waals surface area contributed by atoms with E-state index in [1.165, 1.54) is 0 Å². The standard InChI is InChI=1S/C25H18ClI2N3O3/c26-19-8-2-1-5-18(19)14-34-25-20(27)11-16(12-21(25)28)13-30-31-23(32)15-33-22-9-3-6-17-7-4-10-29-24(17)22/h1-13H,14-15H2,(H,31,32)/b30-13+. The SMILES string of the molecule is O=C(COc1cccc2cccnc12)N/N=C/c1cc(I)c(OCc2ccccc2Cl)c(I)c1. The van der Waals surface area contributed by atoms with Gasteiger partial charge in [-0.2, -0.15) is 5.10 Å². The van der Waals surface area contributed by atoms with Gasteiger partial charge in [-0.25, -0.2) is 5.43 Å². The lowest BCUT2D eigenvalue weighted by Crippen LogP contribution is -2.24. The molecule has 1 aromatic heterocycles. The number of carbonyl (C=O) groups excluding carboxylic acids is 1. The normalized spacial score (nSPS) is 11.0. The minimum absolute atomic E-state index is 0.170. The Labute approximate surface area is 229 Å². The molecule has 3 aromatic carbocycles. The first kappa shape index (κ1) is 24.7. The number of hydrogen-bond acceptors (Lipinski definition) is 5. The van der Waals surface area contributed by atoms with Gasteiger partial charge in [0.25, 0.3) is 5.91 Å². The molecule has 0 bridgehead atoms. The Morgan fingerprint density at radius 2 is 1.79 bits per heavy atom. The van der Waals surface area contributed by atoms with Gasteiger partial charge in [0, 0.05) is 22.2 Å². The molecule has 4 aromatic rings. The Morgan fingerprint density at radius 3 is 2.59 bits per heavy atom. The third kappa shape index (κ3) is 6.36. The van der Waals surface area contributed by atoms with E-state index in [0.29, 0.717) is 22.9 Å². The van der Waals surface area contributed by atoms with Crippen molar-refractivity contribution < 1.29 is 14.3 Å². The van der Waals surface area contributed by atoms with E-state index in [0.717, 1.165) is 29.4 Å². The number of ether oxygens (including phenoxy) is 2. The molecule has 0 saturated carbocycles. The van der Waals surface area contributed by atoms with E-state index >= 15 is 0 Å². The summed E-state index contributed by atoms with van der Waals surface area (Å²) in [5.74, 6) is 0.960. The van der Waals surface area contributed by atoms with Crippen LogP contribution < -0.4 is 14.9 Å². The van der Waals surface area contributed by atoms with Crippen molar-refractivity contribution in [2.24, 2.45) is 5.10 Å². The zero-order chi connectivity index (χ0) is 23.9. The van der Waals surface area contributed by atoms with Gasteiger partial charge in [-0.15, -0.1) is 0 Å². The van der Waals surface area contributed by atoms with Gasteiger partial charge in [0.1, 0.15) is 23.6 Å². The number of aromatic nitrogens is 1. The van der Waals surface area contributed by atoms with Gasteiger partial charge in [-0.05, 0) is 81.1 Å². The molecule has 0 aliphatic carbocycles. The Bertz CT molecular complexity index is 1340. The molecule has 0 unspecified atom stereocenters. The minimum atomic E-state index is -0.367. The van der Waals surface area contributed by atoms with E-state index in [2.05, 4.69) is 60.7 Å². The van der Waals surface area contributed by atoms with Crippen LogP contribution in [0.15, 0.2) is 78.0 Å². The van der Waals surface area contributed by atoms with Gasteiger partial charge in [0.2, 0.25) is 0 Å². The van der Waals surface area contributed by atoms with Crippen molar-refractivity contribution in [3.05, 3.63) is 96.2 Å². The number of hydrazone groups is 1. The van der Waals surface area contributed by atoms with E-state index in [1.54, 1.807) is 18.5 Å². The van der Waals surface area contributed by atoms with Crippen molar-refractivity contribution in [1.82, 2.24) is 10.4 Å². The summed E-state index contributed by atoms with van der Waals surface area (Å²) < 4.78 is 13.5. The highest BCUT2D eigenvalue weighted by atomic mass is 127. The van der Waals surface area contributed by atoms with E-state index < -0.39 is 0 Å². The van der Waals surface area contributed by atoms with Crippen LogP contribution in [0.25, 0.3) is 10.9 Å². The molecular weight excluding hydrogens is 680 g/mol. The van der Waals surface area contributed by atoms with Gasteiger partial charge in [0.15, 0.2) is 6.61 Å². The number of benzene rings is 3. The first-order valence-electron chi connectivity index (χ1n) is 10.1. The lowest BCUT2D eigenvalue weighted by atomic mass is 10.2. The van der Waals surface area contributed by atoms with Crippen LogP contribution in [0.5, 0.6) is 11.5 Å². The van der Waals surface area contributed by atoms with Crippen LogP contribution in [0.2, 0.25) is 5.02 Å². The van der Waals surface area contributed by atoms with Crippen molar-refractivity contribution in [2.45, 2.75) is 6.61 Å². The van der Waals surface area contributed by atoms with Gasteiger partial charge in [0.05, 0.1) is 13.4 Å². The molecular formula is C25H18ClI2N3O3. The summed E-state index contributed by atoms with van der Waals surface area (Å²) in [6.07, 6.45) is 3.27. The van der Waals surface area contributed by atoms with Crippen LogP contribution in [0.4, 0.5) is 0 Å². The van der Waals surface area contributed by atoms with E-state index in [-0.39, 0.29) is 12.5 Å². The van der Waals surface area contributed by atoms with Crippen LogP contribution in [-0.4, -0.2) is 23.7 Å². The van der Waals surface area contributed by atoms with Crippen molar-refractivity contribution in [1.29, 1.82) is 0 Å². The third-order valence-corrected chi connectivity index (χ3v) is 6.68. The number of amides is 1. The van der Waals surface area contributed by atoms with Crippen molar-refractivity contribution in [3.63, 3.8) is 0 Å². The highest BCUT2D eigenvalue weighted by Crippen LogP contribution is 2.30. The lowest BCUT2D eigenvalue weighted by Gasteiger charge is -2.12. The fourth-order valence-electron chi connectivity index (χ4n) is 3.10. The Morgan fingerprint density at radius 1 is 1.03 bits per heavy atom.